The molecule has 138 valence electrons. The molecule has 3 rings (SSSR count). The summed E-state index contributed by atoms with van der Waals surface area (Å²) >= 11 is 3.29. The van der Waals surface area contributed by atoms with Crippen molar-refractivity contribution in [1.29, 1.82) is 5.26 Å². The van der Waals surface area contributed by atoms with Crippen molar-refractivity contribution in [3.8, 4) is 29.1 Å². The number of benzene rings is 2. The predicted octanol–water partition coefficient (Wildman–Crippen LogP) is 3.12. The monoisotopic (exact) mass is 430 g/mol. The Hall–Kier alpha value is -3.18. The third-order valence-corrected chi connectivity index (χ3v) is 4.54. The quantitative estimate of drug-likeness (QED) is 0.558. The van der Waals surface area contributed by atoms with E-state index in [0.29, 0.717) is 21.5 Å². The summed E-state index contributed by atoms with van der Waals surface area (Å²) in [7, 11) is 1.42. The number of fused-ring (bicyclic) bond motifs is 1. The predicted molar refractivity (Wildman–Crippen MR) is 100 cm³/mol. The molecule has 0 atom stereocenters. The van der Waals surface area contributed by atoms with Gasteiger partial charge in [0, 0.05) is 11.0 Å². The van der Waals surface area contributed by atoms with E-state index in [1.807, 2.05) is 12.1 Å². The fourth-order valence-electron chi connectivity index (χ4n) is 2.47. The molecule has 0 aliphatic carbocycles. The van der Waals surface area contributed by atoms with Gasteiger partial charge in [0.15, 0.2) is 23.0 Å². The largest absolute Gasteiger partial charge is 0.504 e. The second-order valence-electron chi connectivity index (χ2n) is 5.59. The average Bonchev–Trinajstić information content (AvgIpc) is 3.13. The fourth-order valence-corrected chi connectivity index (χ4v) is 2.91. The summed E-state index contributed by atoms with van der Waals surface area (Å²) in [5.41, 5.74) is 1.26. The van der Waals surface area contributed by atoms with Crippen LogP contribution >= 0.6 is 15.9 Å². The van der Waals surface area contributed by atoms with Crippen molar-refractivity contribution in [2.45, 2.75) is 6.54 Å². The first-order valence-corrected chi connectivity index (χ1v) is 8.66. The summed E-state index contributed by atoms with van der Waals surface area (Å²) in [6.45, 7) is 0.409. The highest BCUT2D eigenvalue weighted by molar-refractivity contribution is 9.10. The molecule has 7 nitrogen and oxygen atoms in total. The van der Waals surface area contributed by atoms with E-state index in [4.69, 9.17) is 14.2 Å². The van der Waals surface area contributed by atoms with Crippen molar-refractivity contribution < 1.29 is 24.1 Å². The van der Waals surface area contributed by atoms with Crippen molar-refractivity contribution in [2.75, 3.05) is 13.9 Å². The summed E-state index contributed by atoms with van der Waals surface area (Å²) in [5.74, 6) is 0.954. The first kappa shape index (κ1) is 18.6. The van der Waals surface area contributed by atoms with Crippen molar-refractivity contribution in [2.24, 2.45) is 0 Å². The third kappa shape index (κ3) is 4.15. The van der Waals surface area contributed by atoms with Gasteiger partial charge in [-0.1, -0.05) is 22.0 Å². The van der Waals surface area contributed by atoms with Crippen LogP contribution in [-0.4, -0.2) is 24.9 Å². The Balaban J connectivity index is 1.74. The number of aromatic hydroxyl groups is 1. The number of rotatable bonds is 5. The van der Waals surface area contributed by atoms with Gasteiger partial charge in [0.1, 0.15) is 11.6 Å². The van der Waals surface area contributed by atoms with Crippen LogP contribution in [0.4, 0.5) is 0 Å². The minimum Gasteiger partial charge on any atom is -0.504 e. The van der Waals surface area contributed by atoms with Crippen molar-refractivity contribution in [1.82, 2.24) is 5.32 Å². The Bertz CT molecular complexity index is 965. The highest BCUT2D eigenvalue weighted by atomic mass is 79.9. The van der Waals surface area contributed by atoms with Crippen LogP contribution in [-0.2, 0) is 11.3 Å². The highest BCUT2D eigenvalue weighted by Gasteiger charge is 2.15. The molecule has 0 spiro atoms. The first-order valence-electron chi connectivity index (χ1n) is 7.87. The Kier molecular flexibility index (Phi) is 5.52. The van der Waals surface area contributed by atoms with E-state index in [1.54, 1.807) is 12.1 Å². The Morgan fingerprint density at radius 2 is 2.15 bits per heavy atom. The van der Waals surface area contributed by atoms with Gasteiger partial charge in [0.2, 0.25) is 6.79 Å². The number of phenols is 1. The molecular formula is C19H15BrN2O5. The lowest BCUT2D eigenvalue weighted by atomic mass is 10.1. The van der Waals surface area contributed by atoms with Gasteiger partial charge in [0.05, 0.1) is 7.11 Å². The van der Waals surface area contributed by atoms with E-state index in [0.717, 1.165) is 5.56 Å². The van der Waals surface area contributed by atoms with Crippen molar-refractivity contribution in [3.05, 3.63) is 51.5 Å². The second kappa shape index (κ2) is 8.01. The van der Waals surface area contributed by atoms with Crippen LogP contribution in [0, 0.1) is 11.3 Å². The van der Waals surface area contributed by atoms with Crippen LogP contribution in [0.1, 0.15) is 11.1 Å². The maximum Gasteiger partial charge on any atom is 0.262 e. The van der Waals surface area contributed by atoms with Crippen LogP contribution in [0.5, 0.6) is 23.0 Å². The van der Waals surface area contributed by atoms with Crippen LogP contribution in [0.25, 0.3) is 6.08 Å². The lowest BCUT2D eigenvalue weighted by Crippen LogP contribution is -2.23. The lowest BCUT2D eigenvalue weighted by Gasteiger charge is -2.08. The summed E-state index contributed by atoms with van der Waals surface area (Å²) in [6, 6.07) is 10.2. The lowest BCUT2D eigenvalue weighted by molar-refractivity contribution is -0.117. The fraction of sp³-hybridized carbons (Fsp3) is 0.158. The van der Waals surface area contributed by atoms with E-state index < -0.39 is 5.91 Å². The normalized spacial score (nSPS) is 12.4. The van der Waals surface area contributed by atoms with Crippen LogP contribution in [0.15, 0.2) is 40.4 Å². The molecule has 1 heterocycles. The zero-order valence-electron chi connectivity index (χ0n) is 14.3. The van der Waals surface area contributed by atoms with Gasteiger partial charge in [-0.15, -0.1) is 0 Å². The van der Waals surface area contributed by atoms with Gasteiger partial charge in [-0.25, -0.2) is 0 Å². The van der Waals surface area contributed by atoms with Crippen molar-refractivity contribution in [3.63, 3.8) is 0 Å². The average molecular weight is 431 g/mol. The number of hydrogen-bond donors (Lipinski definition) is 2. The van der Waals surface area contributed by atoms with Crippen LogP contribution in [0.3, 0.4) is 0 Å². The minimum atomic E-state index is -0.519. The third-order valence-electron chi connectivity index (χ3n) is 3.85. The Morgan fingerprint density at radius 3 is 2.89 bits per heavy atom. The molecule has 1 aliphatic rings. The smallest absolute Gasteiger partial charge is 0.262 e. The van der Waals surface area contributed by atoms with Gasteiger partial charge in [-0.2, -0.15) is 5.26 Å². The summed E-state index contributed by atoms with van der Waals surface area (Å²) < 4.78 is 16.1. The number of nitrogens with one attached hydrogen (secondary N) is 1. The second-order valence-corrected chi connectivity index (χ2v) is 6.44. The molecule has 2 N–H and O–H groups in total. The highest BCUT2D eigenvalue weighted by Crippen LogP contribution is 2.34. The molecular weight excluding hydrogens is 416 g/mol. The Morgan fingerprint density at radius 1 is 1.37 bits per heavy atom. The molecule has 27 heavy (non-hydrogen) atoms. The number of phenolic OH excluding ortho intramolecular Hbond substituents is 1. The molecule has 2 aromatic carbocycles. The molecule has 0 aromatic heterocycles. The summed E-state index contributed by atoms with van der Waals surface area (Å²) in [5, 5.41) is 21.8. The van der Waals surface area contributed by atoms with Gasteiger partial charge in [-0.05, 0) is 41.5 Å². The zero-order chi connectivity index (χ0) is 19.4. The van der Waals surface area contributed by atoms with E-state index in [-0.39, 0.29) is 30.4 Å². The number of carbonyl (C=O) groups is 1. The minimum absolute atomic E-state index is 0.0488. The van der Waals surface area contributed by atoms with Crippen LogP contribution < -0.4 is 19.5 Å². The number of carbonyl (C=O) groups excluding carboxylic acids is 1. The van der Waals surface area contributed by atoms with E-state index in [2.05, 4.69) is 21.2 Å². The SMILES string of the molecule is COc1cc(C=C(C#N)C(=O)NCc2ccc3c(c2)OCO3)c(Br)cc1O. The maximum atomic E-state index is 12.4. The van der Waals surface area contributed by atoms with Gasteiger partial charge in [-0.3, -0.25) is 4.79 Å². The zero-order valence-corrected chi connectivity index (χ0v) is 15.9. The molecule has 0 saturated carbocycles. The number of nitrogens with zero attached hydrogens (tertiary/aromatic N) is 1. The van der Waals surface area contributed by atoms with Crippen LogP contribution in [0.2, 0.25) is 0 Å². The number of nitriles is 1. The molecule has 8 heteroatoms. The first-order chi connectivity index (χ1) is 13.0. The van der Waals surface area contributed by atoms with E-state index >= 15 is 0 Å². The molecule has 0 bridgehead atoms. The molecule has 2 aromatic rings. The number of ether oxygens (including phenoxy) is 3. The summed E-state index contributed by atoms with van der Waals surface area (Å²) in [6.07, 6.45) is 1.42. The molecule has 0 fully saturated rings. The van der Waals surface area contributed by atoms with E-state index in [1.165, 1.54) is 25.3 Å². The maximum absolute atomic E-state index is 12.4. The van der Waals surface area contributed by atoms with Gasteiger partial charge in [0.25, 0.3) is 5.91 Å². The van der Waals surface area contributed by atoms with E-state index in [9.17, 15) is 15.2 Å². The molecule has 1 aliphatic heterocycles. The molecule has 1 amide bonds. The molecule has 0 saturated heterocycles. The Labute approximate surface area is 163 Å². The molecule has 0 radical (unpaired) electrons. The van der Waals surface area contributed by atoms with Crippen molar-refractivity contribution >= 4 is 27.9 Å². The number of halogens is 1. The standard InChI is InChI=1S/C19H15BrN2O5/c1-25-17-6-12(14(20)7-15(17)23)5-13(8-21)19(24)22-9-11-2-3-16-18(4-11)27-10-26-16/h2-7,23H,9-10H2,1H3,(H,22,24). The van der Waals surface area contributed by atoms with Gasteiger partial charge < -0.3 is 24.6 Å². The topological polar surface area (TPSA) is 101 Å². The number of methoxy groups -OCH3 is 1. The molecule has 0 unspecified atom stereocenters. The number of hydrogen-bond acceptors (Lipinski definition) is 6. The number of amides is 1. The summed E-state index contributed by atoms with van der Waals surface area (Å²) in [4.78, 5) is 12.4. The van der Waals surface area contributed by atoms with Gasteiger partial charge >= 0.3 is 0 Å².